The van der Waals surface area contributed by atoms with Gasteiger partial charge in [-0.3, -0.25) is 0 Å². The van der Waals surface area contributed by atoms with Crippen molar-refractivity contribution >= 4 is 60.5 Å². The van der Waals surface area contributed by atoms with Gasteiger partial charge in [-0.05, 0) is 85.8 Å². The maximum Gasteiger partial charge on any atom is 0.159 e. The van der Waals surface area contributed by atoms with Crippen molar-refractivity contribution in [3.05, 3.63) is 175 Å². The summed E-state index contributed by atoms with van der Waals surface area (Å²) in [5, 5.41) is 7.15. The summed E-state index contributed by atoms with van der Waals surface area (Å²) >= 11 is 0. The molecule has 0 radical (unpaired) electrons. The molecule has 232 valence electrons. The van der Waals surface area contributed by atoms with E-state index in [-0.39, 0.29) is 5.41 Å². The van der Waals surface area contributed by atoms with E-state index in [2.05, 4.69) is 183 Å². The Morgan fingerprint density at radius 3 is 2.04 bits per heavy atom. The molecule has 2 heteroatoms. The van der Waals surface area contributed by atoms with Gasteiger partial charge in [-0.1, -0.05) is 141 Å². The maximum absolute atomic E-state index is 6.86. The highest BCUT2D eigenvalue weighted by molar-refractivity contribution is 6.21. The molecule has 0 unspecified atom stereocenters. The fourth-order valence-corrected chi connectivity index (χ4v) is 8.24. The topological polar surface area (TPSA) is 16.4 Å². The number of fused-ring (bicyclic) bond motifs is 9. The van der Waals surface area contributed by atoms with E-state index in [9.17, 15) is 0 Å². The summed E-state index contributed by atoms with van der Waals surface area (Å²) in [4.78, 5) is 2.41. The first-order chi connectivity index (χ1) is 24.1. The summed E-state index contributed by atoms with van der Waals surface area (Å²) in [6.07, 6.45) is 0. The van der Waals surface area contributed by atoms with Crippen LogP contribution in [-0.4, -0.2) is 0 Å². The van der Waals surface area contributed by atoms with Crippen molar-refractivity contribution in [1.82, 2.24) is 0 Å². The Labute approximate surface area is 285 Å². The van der Waals surface area contributed by atoms with Crippen LogP contribution in [0.5, 0.6) is 0 Å². The third-order valence-corrected chi connectivity index (χ3v) is 10.6. The van der Waals surface area contributed by atoms with Gasteiger partial charge in [-0.15, -0.1) is 0 Å². The van der Waals surface area contributed by atoms with Gasteiger partial charge in [0.2, 0.25) is 0 Å². The smallest absolute Gasteiger partial charge is 0.159 e. The molecule has 2 nitrogen and oxygen atoms in total. The van der Waals surface area contributed by atoms with Crippen molar-refractivity contribution in [3.63, 3.8) is 0 Å². The Morgan fingerprint density at radius 2 is 1.14 bits per heavy atom. The summed E-state index contributed by atoms with van der Waals surface area (Å²) < 4.78 is 6.86. The largest absolute Gasteiger partial charge is 0.454 e. The molecule has 1 heterocycles. The van der Waals surface area contributed by atoms with Gasteiger partial charge >= 0.3 is 0 Å². The number of anilines is 3. The molecule has 0 saturated carbocycles. The molecule has 10 rings (SSSR count). The Morgan fingerprint density at radius 1 is 0.469 bits per heavy atom. The lowest BCUT2D eigenvalue weighted by Crippen LogP contribution is -2.17. The van der Waals surface area contributed by atoms with Gasteiger partial charge in [0.15, 0.2) is 5.58 Å². The minimum atomic E-state index is -0.129. The quantitative estimate of drug-likeness (QED) is 0.193. The molecule has 0 fully saturated rings. The Hall–Kier alpha value is -6.12. The SMILES string of the molecule is CC1(C)c2ccccc2-c2ccc(N(c3ccccc3-c3ccc4ccccc4c3)c3cccc4c3oc3ccc5ccccc5c34)cc21. The lowest BCUT2D eigenvalue weighted by Gasteiger charge is -2.29. The van der Waals surface area contributed by atoms with Crippen LogP contribution in [0.25, 0.3) is 65.7 Å². The molecule has 1 aliphatic rings. The third kappa shape index (κ3) is 4.14. The third-order valence-electron chi connectivity index (χ3n) is 10.6. The fraction of sp³-hybridized carbons (Fsp3) is 0.0638. The Bertz CT molecular complexity index is 2770. The van der Waals surface area contributed by atoms with Crippen molar-refractivity contribution < 1.29 is 4.42 Å². The first-order valence-electron chi connectivity index (χ1n) is 17.0. The van der Waals surface area contributed by atoms with Crippen molar-refractivity contribution in [2.24, 2.45) is 0 Å². The number of hydrogen-bond donors (Lipinski definition) is 0. The van der Waals surface area contributed by atoms with E-state index in [1.165, 1.54) is 49.4 Å². The summed E-state index contributed by atoms with van der Waals surface area (Å²) in [6.45, 7) is 4.69. The van der Waals surface area contributed by atoms with E-state index in [4.69, 9.17) is 4.42 Å². The van der Waals surface area contributed by atoms with Crippen molar-refractivity contribution in [1.29, 1.82) is 0 Å². The molecule has 0 atom stereocenters. The van der Waals surface area contributed by atoms with E-state index in [1.807, 2.05) is 0 Å². The molecule has 0 amide bonds. The van der Waals surface area contributed by atoms with Crippen LogP contribution in [0.1, 0.15) is 25.0 Å². The zero-order chi connectivity index (χ0) is 32.7. The zero-order valence-corrected chi connectivity index (χ0v) is 27.4. The van der Waals surface area contributed by atoms with Crippen LogP contribution in [0.15, 0.2) is 168 Å². The number of rotatable bonds is 4. The fourth-order valence-electron chi connectivity index (χ4n) is 8.24. The van der Waals surface area contributed by atoms with Crippen LogP contribution >= 0.6 is 0 Å². The van der Waals surface area contributed by atoms with E-state index in [1.54, 1.807) is 0 Å². The van der Waals surface area contributed by atoms with Crippen molar-refractivity contribution in [2.75, 3.05) is 4.90 Å². The molecule has 8 aromatic carbocycles. The van der Waals surface area contributed by atoms with Gasteiger partial charge in [-0.25, -0.2) is 0 Å². The second-order valence-electron chi connectivity index (χ2n) is 13.7. The summed E-state index contributed by atoms with van der Waals surface area (Å²) in [5.74, 6) is 0. The van der Waals surface area contributed by atoms with Crippen molar-refractivity contribution in [3.8, 4) is 22.3 Å². The van der Waals surface area contributed by atoms with Crippen molar-refractivity contribution in [2.45, 2.75) is 19.3 Å². The molecule has 49 heavy (non-hydrogen) atoms. The Balaban J connectivity index is 1.26. The van der Waals surface area contributed by atoms with Gasteiger partial charge in [-0.2, -0.15) is 0 Å². The molecule has 9 aromatic rings. The first kappa shape index (κ1) is 27.9. The summed E-state index contributed by atoms with van der Waals surface area (Å²) in [7, 11) is 0. The number of para-hydroxylation sites is 2. The molecule has 0 spiro atoms. The van der Waals surface area contributed by atoms with Gasteiger partial charge in [0.25, 0.3) is 0 Å². The minimum absolute atomic E-state index is 0.129. The maximum atomic E-state index is 6.86. The van der Waals surface area contributed by atoms with Gasteiger partial charge < -0.3 is 9.32 Å². The lowest BCUT2D eigenvalue weighted by atomic mass is 9.82. The van der Waals surface area contributed by atoms with E-state index in [0.717, 1.165) is 44.6 Å². The first-order valence-corrected chi connectivity index (χ1v) is 17.0. The van der Waals surface area contributed by atoms with Crippen LogP contribution < -0.4 is 4.90 Å². The highest BCUT2D eigenvalue weighted by Crippen LogP contribution is 2.52. The van der Waals surface area contributed by atoms with Crippen LogP contribution in [0.4, 0.5) is 17.1 Å². The number of furan rings is 1. The highest BCUT2D eigenvalue weighted by Gasteiger charge is 2.36. The lowest BCUT2D eigenvalue weighted by molar-refractivity contribution is 0.660. The number of nitrogens with zero attached hydrogens (tertiary/aromatic N) is 1. The van der Waals surface area contributed by atoms with Gasteiger partial charge in [0, 0.05) is 27.4 Å². The van der Waals surface area contributed by atoms with Gasteiger partial charge in [0.1, 0.15) is 5.58 Å². The molecule has 1 aliphatic carbocycles. The second-order valence-corrected chi connectivity index (χ2v) is 13.7. The molecule has 0 N–H and O–H groups in total. The average Bonchev–Trinajstić information content (AvgIpc) is 3.65. The summed E-state index contributed by atoms with van der Waals surface area (Å²) in [6, 6.07) is 59.4. The predicted molar refractivity (Wildman–Crippen MR) is 206 cm³/mol. The molecular formula is C47H33NO. The number of benzene rings is 8. The number of hydrogen-bond acceptors (Lipinski definition) is 2. The minimum Gasteiger partial charge on any atom is -0.454 e. The molecule has 0 saturated heterocycles. The van der Waals surface area contributed by atoms with E-state index < -0.39 is 0 Å². The molecule has 1 aromatic heterocycles. The second kappa shape index (κ2) is 10.4. The van der Waals surface area contributed by atoms with E-state index in [0.29, 0.717) is 0 Å². The van der Waals surface area contributed by atoms with Crippen LogP contribution in [0, 0.1) is 0 Å². The molecule has 0 bridgehead atoms. The monoisotopic (exact) mass is 627 g/mol. The molecular weight excluding hydrogens is 595 g/mol. The highest BCUT2D eigenvalue weighted by atomic mass is 16.3. The average molecular weight is 628 g/mol. The zero-order valence-electron chi connectivity index (χ0n) is 27.4. The molecule has 0 aliphatic heterocycles. The standard InChI is InChI=1S/C47H33NO/c1-47(2)40-19-9-7-17-37(40)38-26-25-34(29-41(38)47)48(42-20-10-8-15-35(42)33-23-22-30-12-3-4-14-32(30)28-33)43-21-11-18-39-45-36-16-6-5-13-31(36)24-27-44(45)49-46(39)43/h3-29H,1-2H3. The van der Waals surface area contributed by atoms with Crippen LogP contribution in [0.3, 0.4) is 0 Å². The normalized spacial score (nSPS) is 13.3. The predicted octanol–water partition coefficient (Wildman–Crippen LogP) is 13.3. The summed E-state index contributed by atoms with van der Waals surface area (Å²) in [5.41, 5.74) is 12.5. The van der Waals surface area contributed by atoms with Gasteiger partial charge in [0.05, 0.1) is 11.4 Å². The van der Waals surface area contributed by atoms with Crippen LogP contribution in [-0.2, 0) is 5.41 Å². The Kier molecular flexibility index (Phi) is 5.95. The van der Waals surface area contributed by atoms with Crippen LogP contribution in [0.2, 0.25) is 0 Å². The van der Waals surface area contributed by atoms with E-state index >= 15 is 0 Å².